The van der Waals surface area contributed by atoms with Gasteiger partial charge in [-0.25, -0.2) is 9.89 Å². The van der Waals surface area contributed by atoms with Gasteiger partial charge < -0.3 is 15.1 Å². The van der Waals surface area contributed by atoms with Crippen molar-refractivity contribution in [3.8, 4) is 0 Å². The summed E-state index contributed by atoms with van der Waals surface area (Å²) < 4.78 is 5.31. The van der Waals surface area contributed by atoms with Crippen molar-refractivity contribution in [2.45, 2.75) is 50.4 Å². The Kier molecular flexibility index (Phi) is 8.75. The molecule has 0 aliphatic carbocycles. The predicted octanol–water partition coefficient (Wildman–Crippen LogP) is 4.21. The SMILES string of the molecule is CC[C@@H](SC1=Nc2ccccc2C2=N[C@H](CCC(=O)NCCc3ccccc3)C(=O)N12)C(=O)NCc1ccco1. The number of carbonyl (C=O) groups excluding carboxylic acids is 3. The number of carbonyl (C=O) groups is 3. The molecule has 0 saturated heterocycles. The highest BCUT2D eigenvalue weighted by Gasteiger charge is 2.42. The van der Waals surface area contributed by atoms with Gasteiger partial charge in [0.05, 0.1) is 23.7 Å². The zero-order valence-electron chi connectivity index (χ0n) is 22.2. The number of furan rings is 1. The van der Waals surface area contributed by atoms with Crippen LogP contribution in [0.2, 0.25) is 0 Å². The minimum Gasteiger partial charge on any atom is -0.467 e. The minimum absolute atomic E-state index is 0.114. The van der Waals surface area contributed by atoms with Crippen molar-refractivity contribution in [3.05, 3.63) is 89.9 Å². The van der Waals surface area contributed by atoms with E-state index in [9.17, 15) is 14.4 Å². The van der Waals surface area contributed by atoms with Gasteiger partial charge in [0.15, 0.2) is 5.17 Å². The second-order valence-electron chi connectivity index (χ2n) is 9.49. The standard InChI is InChI=1S/C30H31N5O4S/c1-2-25(28(37)32-19-21-11-8-18-39-21)40-30-34-23-13-7-6-12-22(23)27-33-24(29(38)35(27)30)14-15-26(36)31-17-16-20-9-4-3-5-10-20/h3-13,18,24-25H,2,14-17,19H2,1H3,(H,31,36)(H,32,37)/t24-,25-/m1/s1. The molecule has 2 aliphatic rings. The van der Waals surface area contributed by atoms with Crippen LogP contribution in [0.5, 0.6) is 0 Å². The average molecular weight is 558 g/mol. The fourth-order valence-corrected chi connectivity index (χ4v) is 5.61. The minimum atomic E-state index is -0.695. The molecule has 10 heteroatoms. The lowest BCUT2D eigenvalue weighted by molar-refractivity contribution is -0.125. The summed E-state index contributed by atoms with van der Waals surface area (Å²) in [6.45, 7) is 2.73. The third kappa shape index (κ3) is 6.34. The summed E-state index contributed by atoms with van der Waals surface area (Å²) in [4.78, 5) is 50.0. The molecule has 206 valence electrons. The van der Waals surface area contributed by atoms with Crippen molar-refractivity contribution in [2.75, 3.05) is 6.54 Å². The highest BCUT2D eigenvalue weighted by molar-refractivity contribution is 8.15. The van der Waals surface area contributed by atoms with Crippen LogP contribution in [0.3, 0.4) is 0 Å². The monoisotopic (exact) mass is 557 g/mol. The average Bonchev–Trinajstić information content (AvgIpc) is 3.62. The first-order valence-corrected chi connectivity index (χ1v) is 14.3. The molecule has 2 aliphatic heterocycles. The lowest BCUT2D eigenvalue weighted by atomic mass is 10.1. The highest BCUT2D eigenvalue weighted by atomic mass is 32.2. The molecule has 2 aromatic carbocycles. The molecule has 0 spiro atoms. The van der Waals surface area contributed by atoms with E-state index in [-0.39, 0.29) is 37.1 Å². The van der Waals surface area contributed by atoms with Crippen LogP contribution in [0.15, 0.2) is 87.4 Å². The van der Waals surface area contributed by atoms with Crippen LogP contribution in [-0.4, -0.2) is 51.5 Å². The van der Waals surface area contributed by atoms with Gasteiger partial charge in [0.25, 0.3) is 5.91 Å². The molecule has 0 fully saturated rings. The van der Waals surface area contributed by atoms with Gasteiger partial charge in [0.2, 0.25) is 11.8 Å². The Balaban J connectivity index is 1.24. The van der Waals surface area contributed by atoms with Gasteiger partial charge in [-0.15, -0.1) is 0 Å². The van der Waals surface area contributed by atoms with Crippen molar-refractivity contribution >= 4 is 46.2 Å². The van der Waals surface area contributed by atoms with E-state index >= 15 is 0 Å². The number of nitrogens with one attached hydrogen (secondary N) is 2. The van der Waals surface area contributed by atoms with Crippen molar-refractivity contribution in [2.24, 2.45) is 9.98 Å². The quantitative estimate of drug-likeness (QED) is 0.367. The number of nitrogens with zero attached hydrogens (tertiary/aromatic N) is 3. The largest absolute Gasteiger partial charge is 0.467 e. The van der Waals surface area contributed by atoms with Crippen LogP contribution in [-0.2, 0) is 27.3 Å². The van der Waals surface area contributed by atoms with E-state index in [2.05, 4.69) is 10.6 Å². The number of aliphatic imine (C=N–C) groups is 2. The molecule has 3 heterocycles. The number of amidine groups is 2. The van der Waals surface area contributed by atoms with Crippen LogP contribution in [0.25, 0.3) is 0 Å². The van der Waals surface area contributed by atoms with Crippen LogP contribution in [0.1, 0.15) is 43.1 Å². The molecule has 5 rings (SSSR count). The van der Waals surface area contributed by atoms with E-state index in [1.807, 2.05) is 61.5 Å². The van der Waals surface area contributed by atoms with Gasteiger partial charge in [-0.05, 0) is 49.1 Å². The summed E-state index contributed by atoms with van der Waals surface area (Å²) in [5, 5.41) is 5.78. The van der Waals surface area contributed by atoms with Crippen molar-refractivity contribution < 1.29 is 18.8 Å². The Morgan fingerprint density at radius 2 is 1.85 bits per heavy atom. The number of hydrogen-bond acceptors (Lipinski definition) is 7. The van der Waals surface area contributed by atoms with E-state index in [0.717, 1.165) is 17.5 Å². The molecular weight excluding hydrogens is 526 g/mol. The number of hydrogen-bond donors (Lipinski definition) is 2. The maximum atomic E-state index is 13.6. The van der Waals surface area contributed by atoms with Crippen molar-refractivity contribution in [3.63, 3.8) is 0 Å². The number of rotatable bonds is 11. The molecule has 3 amide bonds. The van der Waals surface area contributed by atoms with Gasteiger partial charge in [-0.3, -0.25) is 19.4 Å². The number of amides is 3. The van der Waals surface area contributed by atoms with Gasteiger partial charge in [0, 0.05) is 18.5 Å². The second kappa shape index (κ2) is 12.8. The smallest absolute Gasteiger partial charge is 0.259 e. The summed E-state index contributed by atoms with van der Waals surface area (Å²) in [5.74, 6) is 0.654. The van der Waals surface area contributed by atoms with Gasteiger partial charge in [-0.1, -0.05) is 61.2 Å². The third-order valence-electron chi connectivity index (χ3n) is 6.70. The lowest BCUT2D eigenvalue weighted by Gasteiger charge is -2.27. The number of para-hydroxylation sites is 1. The first kappa shape index (κ1) is 27.4. The molecule has 9 nitrogen and oxygen atoms in total. The first-order valence-electron chi connectivity index (χ1n) is 13.4. The van der Waals surface area contributed by atoms with Gasteiger partial charge in [0.1, 0.15) is 17.6 Å². The third-order valence-corrected chi connectivity index (χ3v) is 8.02. The van der Waals surface area contributed by atoms with Gasteiger partial charge >= 0.3 is 0 Å². The fraction of sp³-hybridized carbons (Fsp3) is 0.300. The summed E-state index contributed by atoms with van der Waals surface area (Å²) in [7, 11) is 0. The Bertz CT molecular complexity index is 1420. The molecule has 2 N–H and O–H groups in total. The lowest BCUT2D eigenvalue weighted by Crippen LogP contribution is -2.43. The molecule has 0 bridgehead atoms. The summed E-state index contributed by atoms with van der Waals surface area (Å²) in [5.41, 5.74) is 2.60. The van der Waals surface area contributed by atoms with Crippen LogP contribution in [0.4, 0.5) is 5.69 Å². The highest BCUT2D eigenvalue weighted by Crippen LogP contribution is 2.35. The Labute approximate surface area is 237 Å². The van der Waals surface area contributed by atoms with Crippen LogP contribution < -0.4 is 10.6 Å². The number of benzene rings is 2. The molecule has 0 unspecified atom stereocenters. The molecule has 3 aromatic rings. The first-order chi connectivity index (χ1) is 19.5. The number of thioether (sulfide) groups is 1. The van der Waals surface area contributed by atoms with E-state index in [1.54, 1.807) is 18.4 Å². The van der Waals surface area contributed by atoms with E-state index in [1.165, 1.54) is 16.7 Å². The van der Waals surface area contributed by atoms with Crippen LogP contribution in [0, 0.1) is 0 Å². The van der Waals surface area contributed by atoms with Gasteiger partial charge in [-0.2, -0.15) is 0 Å². The Morgan fingerprint density at radius 3 is 2.62 bits per heavy atom. The topological polar surface area (TPSA) is 116 Å². The zero-order chi connectivity index (χ0) is 27.9. The Morgan fingerprint density at radius 1 is 1.05 bits per heavy atom. The summed E-state index contributed by atoms with van der Waals surface area (Å²) >= 11 is 1.24. The molecular formula is C30H31N5O4S. The second-order valence-corrected chi connectivity index (χ2v) is 10.7. The molecule has 1 aromatic heterocycles. The maximum Gasteiger partial charge on any atom is 0.259 e. The predicted molar refractivity (Wildman–Crippen MR) is 155 cm³/mol. The molecule has 2 atom stereocenters. The number of fused-ring (bicyclic) bond motifs is 3. The van der Waals surface area contributed by atoms with Crippen molar-refractivity contribution in [1.82, 2.24) is 15.5 Å². The van der Waals surface area contributed by atoms with E-state index < -0.39 is 11.3 Å². The molecule has 0 radical (unpaired) electrons. The molecule has 40 heavy (non-hydrogen) atoms. The maximum absolute atomic E-state index is 13.6. The van der Waals surface area contributed by atoms with E-state index in [0.29, 0.717) is 35.4 Å². The summed E-state index contributed by atoms with van der Waals surface area (Å²) in [6, 6.07) is 20.3. The molecule has 0 saturated carbocycles. The normalized spacial score (nSPS) is 16.5. The fourth-order valence-electron chi connectivity index (χ4n) is 4.57. The van der Waals surface area contributed by atoms with Crippen molar-refractivity contribution in [1.29, 1.82) is 0 Å². The Hall–Kier alpha value is -4.18. The van der Waals surface area contributed by atoms with Crippen LogP contribution >= 0.6 is 11.8 Å². The summed E-state index contributed by atoms with van der Waals surface area (Å²) in [6.07, 6.45) is 3.32. The zero-order valence-corrected chi connectivity index (χ0v) is 23.0. The van der Waals surface area contributed by atoms with E-state index in [4.69, 9.17) is 14.4 Å².